The van der Waals surface area contributed by atoms with Crippen LogP contribution in [0.25, 0.3) is 27.9 Å². The molecule has 2 amide bonds. The highest BCUT2D eigenvalue weighted by molar-refractivity contribution is 7.08. The van der Waals surface area contributed by atoms with Crippen LogP contribution in [0.2, 0.25) is 0 Å². The molecule has 0 saturated carbocycles. The van der Waals surface area contributed by atoms with Crippen molar-refractivity contribution in [3.8, 4) is 11.3 Å². The van der Waals surface area contributed by atoms with E-state index in [1.807, 2.05) is 67.4 Å². The number of fused-ring (bicyclic) bond motifs is 2. The summed E-state index contributed by atoms with van der Waals surface area (Å²) in [6, 6.07) is 10.9. The monoisotopic (exact) mass is 544 g/mol. The Morgan fingerprint density at radius 1 is 1.13 bits per heavy atom. The summed E-state index contributed by atoms with van der Waals surface area (Å²) in [6.45, 7) is 6.21. The Bertz CT molecular complexity index is 1650. The first-order valence-electron chi connectivity index (χ1n) is 12.9. The molecule has 5 aromatic rings. The van der Waals surface area contributed by atoms with Crippen molar-refractivity contribution in [3.63, 3.8) is 0 Å². The molecule has 1 atom stereocenters. The molecule has 1 aromatic carbocycles. The molecule has 0 aliphatic carbocycles. The Hall–Kier alpha value is -4.02. The summed E-state index contributed by atoms with van der Waals surface area (Å²) >= 11 is 1.50. The van der Waals surface area contributed by atoms with Crippen LogP contribution in [0.5, 0.6) is 0 Å². The Labute approximate surface area is 230 Å². The van der Waals surface area contributed by atoms with Crippen LogP contribution in [0.3, 0.4) is 0 Å². The molecule has 4 aromatic heterocycles. The van der Waals surface area contributed by atoms with Crippen LogP contribution in [0.4, 0.5) is 0 Å². The van der Waals surface area contributed by atoms with Crippen LogP contribution in [0, 0.1) is 12.8 Å². The molecule has 0 aliphatic heterocycles. The zero-order chi connectivity index (χ0) is 27.7. The average Bonchev–Trinajstić information content (AvgIpc) is 3.64. The van der Waals surface area contributed by atoms with Crippen LogP contribution < -0.4 is 10.6 Å². The van der Waals surface area contributed by atoms with E-state index < -0.39 is 0 Å². The van der Waals surface area contributed by atoms with E-state index in [4.69, 9.17) is 4.98 Å². The van der Waals surface area contributed by atoms with Crippen LogP contribution in [-0.2, 0) is 13.6 Å². The number of hydrogen-bond donors (Lipinski definition) is 3. The van der Waals surface area contributed by atoms with Crippen molar-refractivity contribution < 1.29 is 14.7 Å². The average molecular weight is 545 g/mol. The molecule has 0 fully saturated rings. The lowest BCUT2D eigenvalue weighted by Crippen LogP contribution is -2.39. The molecule has 4 heterocycles. The molecule has 0 radical (unpaired) electrons. The zero-order valence-electron chi connectivity index (χ0n) is 22.4. The first kappa shape index (κ1) is 26.6. The topological polar surface area (TPSA) is 114 Å². The van der Waals surface area contributed by atoms with Gasteiger partial charge in [-0.15, -0.1) is 0 Å². The van der Waals surface area contributed by atoms with Gasteiger partial charge in [0.05, 0.1) is 29.2 Å². The summed E-state index contributed by atoms with van der Waals surface area (Å²) < 4.78 is 3.68. The fraction of sp³-hybridized carbons (Fsp3) is 0.310. The number of carbonyl (C=O) groups is 2. The number of hydrogen-bond acceptors (Lipinski definition) is 6. The fourth-order valence-electron chi connectivity index (χ4n) is 4.81. The van der Waals surface area contributed by atoms with Gasteiger partial charge in [-0.1, -0.05) is 19.9 Å². The third-order valence-electron chi connectivity index (χ3n) is 6.84. The minimum absolute atomic E-state index is 0.160. The first-order chi connectivity index (χ1) is 18.8. The highest BCUT2D eigenvalue weighted by Gasteiger charge is 2.25. The molecule has 0 unspecified atom stereocenters. The summed E-state index contributed by atoms with van der Waals surface area (Å²) in [5.41, 5.74) is 5.25. The minimum atomic E-state index is -0.384. The number of imidazole rings is 2. The van der Waals surface area contributed by atoms with Crippen LogP contribution in [0.15, 0.2) is 53.4 Å². The number of rotatable bonds is 9. The number of thiophene rings is 1. The standard InChI is InChI=1S/C29H32N6O3S/c1-17(2)12-21(15-36)32-29(38)26-25(20-9-11-39-16-20)33-27-22(6-5-10-35(26)27)28(37)30-14-19-7-8-23-24(13-19)34(4)18(3)31-23/h5-11,13,16-17,21,36H,12,14-15H2,1-4H3,(H,30,37)(H,32,38)/t21-/m0/s1. The predicted octanol–water partition coefficient (Wildman–Crippen LogP) is 4.32. The molecule has 3 N–H and O–H groups in total. The number of benzene rings is 1. The van der Waals surface area contributed by atoms with E-state index in [-0.39, 0.29) is 24.5 Å². The summed E-state index contributed by atoms with van der Waals surface area (Å²) in [5.74, 6) is 0.594. The maximum atomic E-state index is 13.5. The molecule has 0 saturated heterocycles. The second-order valence-electron chi connectivity index (χ2n) is 10.1. The fourth-order valence-corrected chi connectivity index (χ4v) is 5.45. The summed E-state index contributed by atoms with van der Waals surface area (Å²) in [6.07, 6.45) is 2.38. The van der Waals surface area contributed by atoms with Gasteiger partial charge >= 0.3 is 0 Å². The van der Waals surface area contributed by atoms with Gasteiger partial charge in [0.1, 0.15) is 17.2 Å². The van der Waals surface area contributed by atoms with Gasteiger partial charge in [0.25, 0.3) is 11.8 Å². The van der Waals surface area contributed by atoms with E-state index in [9.17, 15) is 14.7 Å². The number of nitrogens with zero attached hydrogens (tertiary/aromatic N) is 4. The third-order valence-corrected chi connectivity index (χ3v) is 7.52. The van der Waals surface area contributed by atoms with Crippen molar-refractivity contribution in [3.05, 3.63) is 76.0 Å². The Kier molecular flexibility index (Phi) is 7.49. The van der Waals surface area contributed by atoms with Gasteiger partial charge in [0, 0.05) is 30.7 Å². The van der Waals surface area contributed by atoms with Gasteiger partial charge in [-0.2, -0.15) is 11.3 Å². The van der Waals surface area contributed by atoms with Crippen LogP contribution in [-0.4, -0.2) is 48.5 Å². The van der Waals surface area contributed by atoms with Crippen molar-refractivity contribution in [1.82, 2.24) is 29.6 Å². The molecule has 0 bridgehead atoms. The zero-order valence-corrected chi connectivity index (χ0v) is 23.2. The van der Waals surface area contributed by atoms with Gasteiger partial charge in [-0.05, 0) is 60.5 Å². The largest absolute Gasteiger partial charge is 0.394 e. The van der Waals surface area contributed by atoms with E-state index in [1.165, 1.54) is 11.3 Å². The summed E-state index contributed by atoms with van der Waals surface area (Å²) in [7, 11) is 1.97. The minimum Gasteiger partial charge on any atom is -0.394 e. The first-order valence-corrected chi connectivity index (χ1v) is 13.9. The van der Waals surface area contributed by atoms with Crippen molar-refractivity contribution in [2.75, 3.05) is 6.61 Å². The van der Waals surface area contributed by atoms with Crippen molar-refractivity contribution >= 4 is 39.8 Å². The van der Waals surface area contributed by atoms with E-state index in [0.29, 0.717) is 41.5 Å². The van der Waals surface area contributed by atoms with Gasteiger partial charge < -0.3 is 20.3 Å². The lowest BCUT2D eigenvalue weighted by atomic mass is 10.0. The number of aliphatic hydroxyl groups is 1. The number of aliphatic hydroxyl groups excluding tert-OH is 1. The number of carbonyl (C=O) groups excluding carboxylic acids is 2. The Morgan fingerprint density at radius 2 is 1.95 bits per heavy atom. The van der Waals surface area contributed by atoms with E-state index >= 15 is 0 Å². The maximum Gasteiger partial charge on any atom is 0.270 e. The van der Waals surface area contributed by atoms with Crippen LogP contribution in [0.1, 0.15) is 52.5 Å². The molecule has 0 aliphatic rings. The van der Waals surface area contributed by atoms with E-state index in [2.05, 4.69) is 15.6 Å². The molecular formula is C29H32N6O3S. The Balaban J connectivity index is 1.47. The second kappa shape index (κ2) is 11.0. The van der Waals surface area contributed by atoms with E-state index in [1.54, 1.807) is 22.7 Å². The van der Waals surface area contributed by atoms with Gasteiger partial charge in [0.15, 0.2) is 5.65 Å². The molecule has 5 rings (SSSR count). The maximum absolute atomic E-state index is 13.5. The lowest BCUT2D eigenvalue weighted by molar-refractivity contribution is 0.0901. The van der Waals surface area contributed by atoms with Gasteiger partial charge in [0.2, 0.25) is 0 Å². The summed E-state index contributed by atoms with van der Waals surface area (Å²) in [5, 5.41) is 19.6. The van der Waals surface area contributed by atoms with Crippen LogP contribution >= 0.6 is 11.3 Å². The molecule has 0 spiro atoms. The predicted molar refractivity (Wildman–Crippen MR) is 153 cm³/mol. The third kappa shape index (κ3) is 5.30. The summed E-state index contributed by atoms with van der Waals surface area (Å²) in [4.78, 5) is 36.2. The Morgan fingerprint density at radius 3 is 2.67 bits per heavy atom. The quantitative estimate of drug-likeness (QED) is 0.256. The number of aryl methyl sites for hydroxylation is 2. The SMILES string of the molecule is Cc1nc2ccc(CNC(=O)c3cccn4c(C(=O)N[C@H](CO)CC(C)C)c(-c5ccsc5)nc34)cc2n1C. The molecule has 10 heteroatoms. The second-order valence-corrected chi connectivity index (χ2v) is 10.9. The molecule has 9 nitrogen and oxygen atoms in total. The van der Waals surface area contributed by atoms with Gasteiger partial charge in [-0.25, -0.2) is 9.97 Å². The van der Waals surface area contributed by atoms with Crippen molar-refractivity contribution in [2.45, 2.75) is 39.8 Å². The number of pyridine rings is 1. The van der Waals surface area contributed by atoms with Crippen molar-refractivity contribution in [2.24, 2.45) is 13.0 Å². The lowest BCUT2D eigenvalue weighted by Gasteiger charge is -2.18. The van der Waals surface area contributed by atoms with E-state index in [0.717, 1.165) is 28.0 Å². The normalized spacial score (nSPS) is 12.4. The molecule has 202 valence electrons. The van der Waals surface area contributed by atoms with Crippen molar-refractivity contribution in [1.29, 1.82) is 0 Å². The molecular weight excluding hydrogens is 512 g/mol. The highest BCUT2D eigenvalue weighted by atomic mass is 32.1. The highest BCUT2D eigenvalue weighted by Crippen LogP contribution is 2.28. The molecule has 39 heavy (non-hydrogen) atoms. The smallest absolute Gasteiger partial charge is 0.270 e. The van der Waals surface area contributed by atoms with Gasteiger partial charge in [-0.3, -0.25) is 14.0 Å². The number of amides is 2. The number of aromatic nitrogens is 4. The number of nitrogens with one attached hydrogen (secondary N) is 2.